The van der Waals surface area contributed by atoms with Gasteiger partial charge in [-0.15, -0.1) is 0 Å². The van der Waals surface area contributed by atoms with Crippen molar-refractivity contribution in [3.63, 3.8) is 0 Å². The Morgan fingerprint density at radius 2 is 1.73 bits per heavy atom. The largest absolute Gasteiger partial charge is 0.454 e. The van der Waals surface area contributed by atoms with Gasteiger partial charge in [-0.05, 0) is 42.0 Å². The van der Waals surface area contributed by atoms with Gasteiger partial charge in [0.05, 0.1) is 17.0 Å². The highest BCUT2D eigenvalue weighted by molar-refractivity contribution is 5.89. The molecule has 7 nitrogen and oxygen atoms in total. The number of pyridine rings is 1. The van der Waals surface area contributed by atoms with E-state index in [4.69, 9.17) is 19.9 Å². The van der Waals surface area contributed by atoms with Gasteiger partial charge in [-0.25, -0.2) is 0 Å². The number of allylic oxidation sites excluding steroid dienone is 1. The number of benzene rings is 3. The molecule has 2 N–H and O–H groups in total. The fraction of sp³-hybridized carbons (Fsp3) is 0.0769. The van der Waals surface area contributed by atoms with E-state index in [1.807, 2.05) is 60.7 Å². The summed E-state index contributed by atoms with van der Waals surface area (Å²) in [5.41, 5.74) is 8.54. The van der Waals surface area contributed by atoms with E-state index in [0.717, 1.165) is 5.39 Å². The summed E-state index contributed by atoms with van der Waals surface area (Å²) in [6.07, 6.45) is 0. The summed E-state index contributed by atoms with van der Waals surface area (Å²) in [6, 6.07) is 24.4. The van der Waals surface area contributed by atoms with Crippen LogP contribution < -0.4 is 25.5 Å². The molecule has 33 heavy (non-hydrogen) atoms. The Kier molecular flexibility index (Phi) is 4.14. The quantitative estimate of drug-likeness (QED) is 0.512. The van der Waals surface area contributed by atoms with Gasteiger partial charge in [0.2, 0.25) is 12.7 Å². The minimum Gasteiger partial charge on any atom is -0.454 e. The van der Waals surface area contributed by atoms with Crippen molar-refractivity contribution >= 4 is 10.9 Å². The molecule has 160 valence electrons. The van der Waals surface area contributed by atoms with Gasteiger partial charge in [0.15, 0.2) is 11.5 Å². The highest BCUT2D eigenvalue weighted by Gasteiger charge is 2.36. The van der Waals surface area contributed by atoms with Gasteiger partial charge in [0, 0.05) is 11.1 Å². The minimum atomic E-state index is -0.722. The molecule has 0 radical (unpaired) electrons. The van der Waals surface area contributed by atoms with E-state index < -0.39 is 5.92 Å². The number of ether oxygens (including phenoxy) is 3. The van der Waals surface area contributed by atoms with Crippen molar-refractivity contribution in [3.8, 4) is 29.0 Å². The Bertz CT molecular complexity index is 1560. The molecule has 3 heterocycles. The molecule has 0 saturated heterocycles. The van der Waals surface area contributed by atoms with Crippen molar-refractivity contribution in [1.82, 2.24) is 4.57 Å². The second kappa shape index (κ2) is 7.18. The lowest BCUT2D eigenvalue weighted by molar-refractivity contribution is 0.174. The van der Waals surface area contributed by atoms with Crippen LogP contribution >= 0.6 is 0 Å². The van der Waals surface area contributed by atoms with Gasteiger partial charge >= 0.3 is 0 Å². The monoisotopic (exact) mass is 435 g/mol. The molecule has 0 saturated carbocycles. The number of fused-ring (bicyclic) bond motifs is 4. The molecular weight excluding hydrogens is 418 g/mol. The fourth-order valence-electron chi connectivity index (χ4n) is 4.53. The number of nitrogens with two attached hydrogens (primary N) is 1. The lowest BCUT2D eigenvalue weighted by Crippen LogP contribution is -2.31. The van der Waals surface area contributed by atoms with Crippen LogP contribution in [0, 0.1) is 11.3 Å². The normalized spacial score (nSPS) is 16.3. The number of rotatable bonds is 2. The maximum Gasteiger partial charge on any atom is 0.263 e. The predicted octanol–water partition coefficient (Wildman–Crippen LogP) is 3.94. The van der Waals surface area contributed by atoms with E-state index in [1.165, 1.54) is 0 Å². The van der Waals surface area contributed by atoms with Crippen LogP contribution in [0.25, 0.3) is 16.6 Å². The maximum atomic E-state index is 14.1. The van der Waals surface area contributed by atoms with Crippen LogP contribution in [-0.2, 0) is 0 Å². The molecule has 2 aliphatic rings. The van der Waals surface area contributed by atoms with E-state index in [1.54, 1.807) is 16.7 Å². The third-order valence-corrected chi connectivity index (χ3v) is 5.99. The van der Waals surface area contributed by atoms with Crippen LogP contribution in [0.4, 0.5) is 0 Å². The van der Waals surface area contributed by atoms with E-state index in [2.05, 4.69) is 6.07 Å². The van der Waals surface area contributed by atoms with Gasteiger partial charge in [0.1, 0.15) is 17.4 Å². The number of aromatic nitrogens is 1. The topological polar surface area (TPSA) is 99.5 Å². The Morgan fingerprint density at radius 1 is 0.970 bits per heavy atom. The van der Waals surface area contributed by atoms with E-state index in [9.17, 15) is 10.1 Å². The zero-order valence-corrected chi connectivity index (χ0v) is 17.3. The molecule has 0 amide bonds. The van der Waals surface area contributed by atoms with Crippen molar-refractivity contribution in [2.24, 2.45) is 5.73 Å². The standard InChI is InChI=1S/C26H17N3O4/c27-13-18-22(15-10-11-20-21(12-15)32-14-31-20)23-24(33-25(18)28)17-8-4-5-9-19(17)29(26(23)30)16-6-2-1-3-7-16/h1-12,22H,14,28H2. The lowest BCUT2D eigenvalue weighted by Gasteiger charge is -2.28. The van der Waals surface area contributed by atoms with Gasteiger partial charge in [-0.3, -0.25) is 9.36 Å². The number of nitriles is 1. The minimum absolute atomic E-state index is 0.0188. The Hall–Kier alpha value is -4.70. The molecule has 1 aromatic heterocycles. The summed E-state index contributed by atoms with van der Waals surface area (Å²) >= 11 is 0. The molecule has 7 heteroatoms. The van der Waals surface area contributed by atoms with Gasteiger partial charge in [-0.2, -0.15) is 5.26 Å². The average molecular weight is 435 g/mol. The summed E-state index contributed by atoms with van der Waals surface area (Å²) in [6.45, 7) is 0.123. The van der Waals surface area contributed by atoms with E-state index in [0.29, 0.717) is 39.6 Å². The molecule has 0 fully saturated rings. The zero-order chi connectivity index (χ0) is 22.5. The zero-order valence-electron chi connectivity index (χ0n) is 17.3. The van der Waals surface area contributed by atoms with Crippen molar-refractivity contribution in [2.45, 2.75) is 5.92 Å². The summed E-state index contributed by atoms with van der Waals surface area (Å²) in [5.74, 6) is 0.791. The number of para-hydroxylation sites is 2. The van der Waals surface area contributed by atoms with Crippen LogP contribution in [0.15, 0.2) is 89.0 Å². The second-order valence-corrected chi connectivity index (χ2v) is 7.77. The first kappa shape index (κ1) is 19.0. The molecule has 0 aliphatic carbocycles. The summed E-state index contributed by atoms with van der Waals surface area (Å²) in [7, 11) is 0. The molecule has 4 aromatic rings. The van der Waals surface area contributed by atoms with Crippen molar-refractivity contribution < 1.29 is 14.2 Å². The molecule has 2 aliphatic heterocycles. The van der Waals surface area contributed by atoms with E-state index >= 15 is 0 Å². The van der Waals surface area contributed by atoms with Crippen LogP contribution in [-0.4, -0.2) is 11.4 Å². The van der Waals surface area contributed by atoms with Gasteiger partial charge < -0.3 is 19.9 Å². The van der Waals surface area contributed by atoms with E-state index in [-0.39, 0.29) is 23.8 Å². The first-order valence-electron chi connectivity index (χ1n) is 10.4. The molecule has 1 atom stereocenters. The molecule has 6 rings (SSSR count). The molecule has 1 unspecified atom stereocenters. The molecule has 3 aromatic carbocycles. The predicted molar refractivity (Wildman–Crippen MR) is 121 cm³/mol. The highest BCUT2D eigenvalue weighted by atomic mass is 16.7. The van der Waals surface area contributed by atoms with Crippen LogP contribution in [0.1, 0.15) is 17.0 Å². The average Bonchev–Trinajstić information content (AvgIpc) is 3.32. The van der Waals surface area contributed by atoms with Crippen LogP contribution in [0.3, 0.4) is 0 Å². The SMILES string of the molecule is N#CC1=C(N)Oc2c(c(=O)n(-c3ccccc3)c3ccccc23)C1c1ccc2c(c1)OCO2. The first-order valence-corrected chi connectivity index (χ1v) is 10.4. The summed E-state index contributed by atoms with van der Waals surface area (Å²) in [4.78, 5) is 14.1. The lowest BCUT2D eigenvalue weighted by atomic mass is 9.83. The van der Waals surface area contributed by atoms with Crippen molar-refractivity contribution in [1.29, 1.82) is 5.26 Å². The van der Waals surface area contributed by atoms with Gasteiger partial charge in [-0.1, -0.05) is 36.4 Å². The molecular formula is C26H17N3O4. The fourth-order valence-corrected chi connectivity index (χ4v) is 4.53. The first-order chi connectivity index (χ1) is 16.2. The van der Waals surface area contributed by atoms with Gasteiger partial charge in [0.25, 0.3) is 5.56 Å². The maximum absolute atomic E-state index is 14.1. The van der Waals surface area contributed by atoms with Crippen LogP contribution in [0.2, 0.25) is 0 Å². The Balaban J connectivity index is 1.71. The third-order valence-electron chi connectivity index (χ3n) is 5.99. The highest BCUT2D eigenvalue weighted by Crippen LogP contribution is 2.45. The smallest absolute Gasteiger partial charge is 0.263 e. The molecule has 0 spiro atoms. The van der Waals surface area contributed by atoms with Crippen molar-refractivity contribution in [2.75, 3.05) is 6.79 Å². The number of nitrogens with zero attached hydrogens (tertiary/aromatic N) is 2. The van der Waals surface area contributed by atoms with Crippen LogP contribution in [0.5, 0.6) is 17.2 Å². The summed E-state index contributed by atoms with van der Waals surface area (Å²) < 4.78 is 18.5. The number of hydrogen-bond acceptors (Lipinski definition) is 6. The Morgan fingerprint density at radius 3 is 2.55 bits per heavy atom. The third kappa shape index (κ3) is 2.78. The van der Waals surface area contributed by atoms with Crippen molar-refractivity contribution in [3.05, 3.63) is 106 Å². The Labute approximate surface area is 188 Å². The second-order valence-electron chi connectivity index (χ2n) is 7.77. The molecule has 0 bridgehead atoms. The summed E-state index contributed by atoms with van der Waals surface area (Å²) in [5, 5.41) is 10.7. The number of hydrogen-bond donors (Lipinski definition) is 1.